The number of carboxylic acids is 2. The van der Waals surface area contributed by atoms with Crippen LogP contribution >= 0.6 is 0 Å². The zero-order chi connectivity index (χ0) is 20.1. The number of halogens is 4. The standard InChI is InChI=1S/C12H12F4N2.C4H4O4/c1-7(17)6-18-3-2-8-4-10(13)9(5-11(8)18)12(14,15)16;5-3(6)1-2-4(7)8/h2-5,7H,6,17H2,1H3;1-2H,(H,5,6)(H,7,8)/t7-;/m0./s1. The van der Waals surface area contributed by atoms with E-state index in [1.54, 1.807) is 23.8 Å². The highest BCUT2D eigenvalue weighted by molar-refractivity contribution is 5.89. The Kier molecular flexibility index (Phi) is 6.90. The van der Waals surface area contributed by atoms with Gasteiger partial charge in [-0.2, -0.15) is 13.2 Å². The topological polar surface area (TPSA) is 106 Å². The lowest BCUT2D eigenvalue weighted by Crippen LogP contribution is -2.21. The number of alkyl halides is 3. The van der Waals surface area contributed by atoms with Crippen molar-refractivity contribution in [2.75, 3.05) is 0 Å². The summed E-state index contributed by atoms with van der Waals surface area (Å²) in [6.45, 7) is 2.13. The lowest BCUT2D eigenvalue weighted by molar-refractivity contribution is -0.140. The van der Waals surface area contributed by atoms with Crippen molar-refractivity contribution >= 4 is 22.8 Å². The van der Waals surface area contributed by atoms with Crippen molar-refractivity contribution in [2.24, 2.45) is 5.73 Å². The maximum absolute atomic E-state index is 13.3. The minimum absolute atomic E-state index is 0.194. The van der Waals surface area contributed by atoms with E-state index < -0.39 is 29.5 Å². The van der Waals surface area contributed by atoms with Crippen LogP contribution in [0.2, 0.25) is 0 Å². The molecule has 0 aliphatic carbocycles. The number of carboxylic acid groups (broad SMARTS) is 2. The van der Waals surface area contributed by atoms with Gasteiger partial charge in [0.2, 0.25) is 0 Å². The fourth-order valence-corrected chi connectivity index (χ4v) is 2.04. The largest absolute Gasteiger partial charge is 0.478 e. The number of rotatable bonds is 4. The van der Waals surface area contributed by atoms with Gasteiger partial charge in [0, 0.05) is 41.8 Å². The van der Waals surface area contributed by atoms with Gasteiger partial charge in [-0.05, 0) is 25.1 Å². The molecule has 10 heteroatoms. The van der Waals surface area contributed by atoms with Gasteiger partial charge in [0.1, 0.15) is 5.82 Å². The second-order valence-electron chi connectivity index (χ2n) is 5.34. The Labute approximate surface area is 145 Å². The van der Waals surface area contributed by atoms with Crippen LogP contribution < -0.4 is 5.73 Å². The third-order valence-electron chi connectivity index (χ3n) is 3.02. The molecule has 0 bridgehead atoms. The Balaban J connectivity index is 0.000000359. The van der Waals surface area contributed by atoms with Crippen LogP contribution in [0.15, 0.2) is 36.5 Å². The summed E-state index contributed by atoms with van der Waals surface area (Å²) in [5.74, 6) is -3.77. The third-order valence-corrected chi connectivity index (χ3v) is 3.02. The normalized spacial score (nSPS) is 12.7. The second kappa shape index (κ2) is 8.48. The number of fused-ring (bicyclic) bond motifs is 1. The van der Waals surface area contributed by atoms with Crippen LogP contribution in [0.4, 0.5) is 17.6 Å². The van der Waals surface area contributed by atoms with Gasteiger partial charge in [-0.3, -0.25) is 0 Å². The summed E-state index contributed by atoms with van der Waals surface area (Å²) in [6, 6.07) is 3.10. The summed E-state index contributed by atoms with van der Waals surface area (Å²) >= 11 is 0. The smallest absolute Gasteiger partial charge is 0.419 e. The predicted octanol–water partition coefficient (Wildman–Crippen LogP) is 2.86. The number of hydrogen-bond donors (Lipinski definition) is 3. The number of aliphatic carboxylic acids is 2. The van der Waals surface area contributed by atoms with Crippen molar-refractivity contribution in [3.63, 3.8) is 0 Å². The van der Waals surface area contributed by atoms with E-state index in [0.29, 0.717) is 29.6 Å². The highest BCUT2D eigenvalue weighted by Crippen LogP contribution is 2.34. The van der Waals surface area contributed by atoms with Crippen LogP contribution in [0, 0.1) is 5.82 Å². The van der Waals surface area contributed by atoms with Crippen molar-refractivity contribution in [3.8, 4) is 0 Å². The summed E-state index contributed by atoms with van der Waals surface area (Å²) in [7, 11) is 0. The first-order chi connectivity index (χ1) is 11.9. The number of carbonyl (C=O) groups is 2. The number of aromatic nitrogens is 1. The van der Waals surface area contributed by atoms with Gasteiger partial charge in [0.05, 0.1) is 5.56 Å². The molecule has 0 aliphatic rings. The third kappa shape index (κ3) is 6.20. The molecule has 26 heavy (non-hydrogen) atoms. The SMILES string of the molecule is C[C@H](N)Cn1ccc2cc(F)c(C(F)(F)F)cc21.O=C(O)C=CC(=O)O. The Hall–Kier alpha value is -2.88. The summed E-state index contributed by atoms with van der Waals surface area (Å²) in [5.41, 5.74) is 4.70. The van der Waals surface area contributed by atoms with Crippen molar-refractivity contribution in [2.45, 2.75) is 25.7 Å². The maximum Gasteiger partial charge on any atom is 0.419 e. The van der Waals surface area contributed by atoms with Crippen LogP contribution in [0.5, 0.6) is 0 Å². The van der Waals surface area contributed by atoms with Gasteiger partial charge in [0.25, 0.3) is 0 Å². The van der Waals surface area contributed by atoms with E-state index in [0.717, 1.165) is 12.1 Å². The quantitative estimate of drug-likeness (QED) is 0.562. The molecule has 1 aromatic heterocycles. The Bertz CT molecular complexity index is 809. The average Bonchev–Trinajstić information content (AvgIpc) is 2.85. The molecule has 2 rings (SSSR count). The lowest BCUT2D eigenvalue weighted by atomic mass is 10.1. The molecule has 0 aliphatic heterocycles. The molecule has 0 amide bonds. The van der Waals surface area contributed by atoms with Crippen LogP contribution in [-0.2, 0) is 22.3 Å². The summed E-state index contributed by atoms with van der Waals surface area (Å²) in [6.07, 6.45) is -1.97. The maximum atomic E-state index is 13.3. The van der Waals surface area contributed by atoms with Crippen LogP contribution in [0.1, 0.15) is 12.5 Å². The van der Waals surface area contributed by atoms with Crippen LogP contribution in [-0.4, -0.2) is 32.8 Å². The molecule has 0 radical (unpaired) electrons. The van der Waals surface area contributed by atoms with E-state index in [4.69, 9.17) is 15.9 Å². The van der Waals surface area contributed by atoms with Gasteiger partial charge >= 0.3 is 18.1 Å². The molecular formula is C16H16F4N2O4. The number of nitrogens with two attached hydrogens (primary N) is 1. The van der Waals surface area contributed by atoms with Gasteiger partial charge in [-0.1, -0.05) is 0 Å². The predicted molar refractivity (Wildman–Crippen MR) is 85.0 cm³/mol. The molecule has 0 saturated heterocycles. The first kappa shape index (κ1) is 21.2. The van der Waals surface area contributed by atoms with Gasteiger partial charge in [0.15, 0.2) is 0 Å². The zero-order valence-electron chi connectivity index (χ0n) is 13.5. The van der Waals surface area contributed by atoms with Crippen molar-refractivity contribution < 1.29 is 37.4 Å². The van der Waals surface area contributed by atoms with E-state index in [-0.39, 0.29) is 6.04 Å². The molecule has 4 N–H and O–H groups in total. The monoisotopic (exact) mass is 376 g/mol. The molecule has 1 aromatic carbocycles. The van der Waals surface area contributed by atoms with E-state index >= 15 is 0 Å². The molecule has 1 atom stereocenters. The van der Waals surface area contributed by atoms with Crippen LogP contribution in [0.3, 0.4) is 0 Å². The van der Waals surface area contributed by atoms with Crippen molar-refractivity contribution in [1.29, 1.82) is 0 Å². The molecule has 142 valence electrons. The highest BCUT2D eigenvalue weighted by Gasteiger charge is 2.34. The fraction of sp³-hybridized carbons (Fsp3) is 0.250. The molecule has 0 spiro atoms. The second-order valence-corrected chi connectivity index (χ2v) is 5.34. The summed E-state index contributed by atoms with van der Waals surface area (Å²) < 4.78 is 52.7. The molecule has 1 heterocycles. The molecule has 2 aromatic rings. The molecule has 0 unspecified atom stereocenters. The minimum atomic E-state index is -4.69. The number of hydrogen-bond acceptors (Lipinski definition) is 3. The summed E-state index contributed by atoms with van der Waals surface area (Å²) in [5, 5.41) is 16.1. The Morgan fingerprint density at radius 3 is 2.19 bits per heavy atom. The first-order valence-electron chi connectivity index (χ1n) is 7.17. The van der Waals surface area contributed by atoms with E-state index in [2.05, 4.69) is 0 Å². The van der Waals surface area contributed by atoms with E-state index in [9.17, 15) is 27.2 Å². The fourth-order valence-electron chi connectivity index (χ4n) is 2.04. The molecule has 6 nitrogen and oxygen atoms in total. The van der Waals surface area contributed by atoms with E-state index in [1.807, 2.05) is 0 Å². The van der Waals surface area contributed by atoms with Gasteiger partial charge in [-0.25, -0.2) is 14.0 Å². The first-order valence-corrected chi connectivity index (χ1v) is 7.17. The number of nitrogens with zero attached hydrogens (tertiary/aromatic N) is 1. The Morgan fingerprint density at radius 2 is 1.77 bits per heavy atom. The van der Waals surface area contributed by atoms with Gasteiger partial charge in [-0.15, -0.1) is 0 Å². The lowest BCUT2D eigenvalue weighted by Gasteiger charge is -2.11. The molecule has 0 fully saturated rings. The molecular weight excluding hydrogens is 360 g/mol. The molecule has 0 saturated carbocycles. The number of benzene rings is 1. The Morgan fingerprint density at radius 1 is 1.23 bits per heavy atom. The van der Waals surface area contributed by atoms with Crippen LogP contribution in [0.25, 0.3) is 10.9 Å². The summed E-state index contributed by atoms with van der Waals surface area (Å²) in [4.78, 5) is 19.1. The zero-order valence-corrected chi connectivity index (χ0v) is 13.5. The average molecular weight is 376 g/mol. The van der Waals surface area contributed by atoms with E-state index in [1.165, 1.54) is 0 Å². The van der Waals surface area contributed by atoms with Gasteiger partial charge < -0.3 is 20.5 Å². The minimum Gasteiger partial charge on any atom is -0.478 e. The highest BCUT2D eigenvalue weighted by atomic mass is 19.4. The van der Waals surface area contributed by atoms with Crippen molar-refractivity contribution in [3.05, 3.63) is 47.9 Å². The van der Waals surface area contributed by atoms with Crippen molar-refractivity contribution in [1.82, 2.24) is 4.57 Å².